The number of aryl methyl sites for hydroxylation is 2. The van der Waals surface area contributed by atoms with Gasteiger partial charge in [-0.15, -0.1) is 11.3 Å². The van der Waals surface area contributed by atoms with Gasteiger partial charge in [-0.25, -0.2) is 4.98 Å². The second-order valence-corrected chi connectivity index (χ2v) is 5.15. The summed E-state index contributed by atoms with van der Waals surface area (Å²) in [6, 6.07) is -0.707. The molecule has 1 aromatic rings. The number of carbonyl (C=O) groups is 1. The molecule has 0 unspecified atom stereocenters. The number of nitrogens with zero attached hydrogens (tertiary/aromatic N) is 1. The van der Waals surface area contributed by atoms with Crippen LogP contribution in [-0.2, 0) is 16.1 Å². The van der Waals surface area contributed by atoms with E-state index in [9.17, 15) is 9.90 Å². The number of aliphatic hydroxyl groups is 1. The highest BCUT2D eigenvalue weighted by Gasteiger charge is 2.24. The number of methoxy groups -OCH3 is 1. The van der Waals surface area contributed by atoms with Crippen molar-refractivity contribution in [3.63, 3.8) is 0 Å². The highest BCUT2D eigenvalue weighted by atomic mass is 32.1. The summed E-state index contributed by atoms with van der Waals surface area (Å²) >= 11 is 1.58. The van der Waals surface area contributed by atoms with E-state index in [1.54, 1.807) is 18.3 Å². The van der Waals surface area contributed by atoms with E-state index in [2.05, 4.69) is 15.0 Å². The second-order valence-electron chi connectivity index (χ2n) is 3.86. The molecule has 0 aliphatic heterocycles. The van der Waals surface area contributed by atoms with Crippen LogP contribution in [0.25, 0.3) is 0 Å². The van der Waals surface area contributed by atoms with E-state index in [-0.39, 0.29) is 0 Å². The molecule has 0 saturated carbocycles. The molecule has 2 atom stereocenters. The summed E-state index contributed by atoms with van der Waals surface area (Å²) in [5.74, 6) is -0.459. The van der Waals surface area contributed by atoms with Crippen LogP contribution >= 0.6 is 11.3 Å². The Hall–Kier alpha value is -0.980. The Labute approximate surface area is 105 Å². The summed E-state index contributed by atoms with van der Waals surface area (Å²) in [6.07, 6.45) is -0.795. The van der Waals surface area contributed by atoms with E-state index < -0.39 is 18.1 Å². The first-order valence-corrected chi connectivity index (χ1v) is 6.19. The third kappa shape index (κ3) is 3.76. The summed E-state index contributed by atoms with van der Waals surface area (Å²) < 4.78 is 4.62. The fourth-order valence-corrected chi connectivity index (χ4v) is 2.41. The van der Waals surface area contributed by atoms with Crippen molar-refractivity contribution in [2.45, 2.75) is 39.5 Å². The number of rotatable bonds is 5. The zero-order valence-corrected chi connectivity index (χ0v) is 11.3. The van der Waals surface area contributed by atoms with E-state index in [0.717, 1.165) is 15.6 Å². The molecule has 6 heteroatoms. The molecular formula is C11H18N2O3S. The lowest BCUT2D eigenvalue weighted by molar-refractivity contribution is -0.145. The average Bonchev–Trinajstić information content (AvgIpc) is 2.57. The molecule has 2 N–H and O–H groups in total. The lowest BCUT2D eigenvalue weighted by atomic mass is 10.2. The van der Waals surface area contributed by atoms with Crippen molar-refractivity contribution in [1.29, 1.82) is 0 Å². The maximum Gasteiger partial charge on any atom is 0.325 e. The number of aromatic nitrogens is 1. The van der Waals surface area contributed by atoms with Gasteiger partial charge in [-0.2, -0.15) is 0 Å². The number of thiazole rings is 1. The van der Waals surface area contributed by atoms with Crippen LogP contribution in [0, 0.1) is 13.8 Å². The molecule has 5 nitrogen and oxygen atoms in total. The van der Waals surface area contributed by atoms with E-state index in [0.29, 0.717) is 6.54 Å². The van der Waals surface area contributed by atoms with E-state index in [1.165, 1.54) is 7.11 Å². The van der Waals surface area contributed by atoms with Crippen molar-refractivity contribution in [3.8, 4) is 0 Å². The fourth-order valence-electron chi connectivity index (χ4n) is 1.52. The van der Waals surface area contributed by atoms with E-state index >= 15 is 0 Å². The summed E-state index contributed by atoms with van der Waals surface area (Å²) in [5.41, 5.74) is 0.953. The van der Waals surface area contributed by atoms with Crippen LogP contribution in [-0.4, -0.2) is 35.3 Å². The van der Waals surface area contributed by atoms with Crippen molar-refractivity contribution in [3.05, 3.63) is 15.6 Å². The minimum Gasteiger partial charge on any atom is -0.468 e. The second kappa shape index (κ2) is 6.09. The minimum atomic E-state index is -0.795. The summed E-state index contributed by atoms with van der Waals surface area (Å²) in [7, 11) is 1.31. The van der Waals surface area contributed by atoms with Gasteiger partial charge in [0.2, 0.25) is 0 Å². The molecule has 0 aliphatic rings. The van der Waals surface area contributed by atoms with Gasteiger partial charge in [0.05, 0.1) is 23.9 Å². The van der Waals surface area contributed by atoms with Crippen molar-refractivity contribution >= 4 is 17.3 Å². The van der Waals surface area contributed by atoms with E-state index in [4.69, 9.17) is 0 Å². The summed E-state index contributed by atoms with van der Waals surface area (Å²) in [4.78, 5) is 16.8. The van der Waals surface area contributed by atoms with Crippen LogP contribution < -0.4 is 5.32 Å². The molecule has 0 amide bonds. The van der Waals surface area contributed by atoms with Gasteiger partial charge in [-0.1, -0.05) is 0 Å². The summed E-state index contributed by atoms with van der Waals surface area (Å²) in [6.45, 7) is 5.92. The minimum absolute atomic E-state index is 0.459. The fraction of sp³-hybridized carbons (Fsp3) is 0.636. The molecule has 0 aliphatic carbocycles. The van der Waals surface area contributed by atoms with Crippen LogP contribution in [0.15, 0.2) is 0 Å². The lowest BCUT2D eigenvalue weighted by Gasteiger charge is -2.18. The Morgan fingerprint density at radius 1 is 1.59 bits per heavy atom. The standard InChI is InChI=1S/C11H18N2O3S/c1-6-9(17-8(3)13-6)5-12-10(7(2)14)11(15)16-4/h7,10,12,14H,5H2,1-4H3/t7-,10+/m0/s1. The maximum atomic E-state index is 11.4. The Kier molecular flexibility index (Phi) is 5.04. The number of aliphatic hydroxyl groups excluding tert-OH is 1. The SMILES string of the molecule is COC(=O)[C@H](NCc1sc(C)nc1C)[C@H](C)O. The first-order chi connectivity index (χ1) is 7.95. The molecule has 0 bridgehead atoms. The van der Waals surface area contributed by atoms with Gasteiger partial charge in [0, 0.05) is 11.4 Å². The van der Waals surface area contributed by atoms with Crippen LogP contribution in [0.4, 0.5) is 0 Å². The number of hydrogen-bond donors (Lipinski definition) is 2. The van der Waals surface area contributed by atoms with Crippen LogP contribution in [0.5, 0.6) is 0 Å². The quantitative estimate of drug-likeness (QED) is 0.763. The molecule has 1 heterocycles. The number of hydrogen-bond acceptors (Lipinski definition) is 6. The Morgan fingerprint density at radius 3 is 2.65 bits per heavy atom. The molecule has 17 heavy (non-hydrogen) atoms. The monoisotopic (exact) mass is 258 g/mol. The smallest absolute Gasteiger partial charge is 0.325 e. The summed E-state index contributed by atoms with van der Waals surface area (Å²) in [5, 5.41) is 13.5. The van der Waals surface area contributed by atoms with Crippen molar-refractivity contribution in [2.24, 2.45) is 0 Å². The maximum absolute atomic E-state index is 11.4. The van der Waals surface area contributed by atoms with Gasteiger partial charge in [0.15, 0.2) is 0 Å². The largest absolute Gasteiger partial charge is 0.468 e. The van der Waals surface area contributed by atoms with Crippen molar-refractivity contribution < 1.29 is 14.6 Å². The normalized spacial score (nSPS) is 14.4. The third-order valence-electron chi connectivity index (χ3n) is 2.42. The van der Waals surface area contributed by atoms with Gasteiger partial charge in [0.1, 0.15) is 6.04 Å². The molecule has 0 fully saturated rings. The first-order valence-electron chi connectivity index (χ1n) is 5.38. The molecule has 1 rings (SSSR count). The highest BCUT2D eigenvalue weighted by molar-refractivity contribution is 7.11. The van der Waals surface area contributed by atoms with Crippen LogP contribution in [0.2, 0.25) is 0 Å². The number of nitrogens with one attached hydrogen (secondary N) is 1. The number of ether oxygens (including phenoxy) is 1. The molecule has 0 spiro atoms. The zero-order valence-electron chi connectivity index (χ0n) is 10.5. The average molecular weight is 258 g/mol. The molecular weight excluding hydrogens is 240 g/mol. The third-order valence-corrected chi connectivity index (χ3v) is 3.49. The lowest BCUT2D eigenvalue weighted by Crippen LogP contribution is -2.45. The van der Waals surface area contributed by atoms with Gasteiger partial charge in [-0.3, -0.25) is 10.1 Å². The predicted molar refractivity (Wildman–Crippen MR) is 65.9 cm³/mol. The number of carbonyl (C=O) groups excluding carboxylic acids is 1. The van der Waals surface area contributed by atoms with Gasteiger partial charge in [0.25, 0.3) is 0 Å². The van der Waals surface area contributed by atoms with Crippen LogP contribution in [0.3, 0.4) is 0 Å². The molecule has 0 saturated heterocycles. The molecule has 96 valence electrons. The number of esters is 1. The zero-order chi connectivity index (χ0) is 13.0. The topological polar surface area (TPSA) is 71.5 Å². The van der Waals surface area contributed by atoms with Crippen molar-refractivity contribution in [1.82, 2.24) is 10.3 Å². The Bertz CT molecular complexity index is 390. The van der Waals surface area contributed by atoms with Crippen molar-refractivity contribution in [2.75, 3.05) is 7.11 Å². The first kappa shape index (κ1) is 14.1. The highest BCUT2D eigenvalue weighted by Crippen LogP contribution is 2.17. The molecule has 0 aromatic carbocycles. The van der Waals surface area contributed by atoms with Gasteiger partial charge < -0.3 is 9.84 Å². The molecule has 0 radical (unpaired) electrons. The predicted octanol–water partition coefficient (Wildman–Crippen LogP) is 0.772. The van der Waals surface area contributed by atoms with Gasteiger partial charge in [-0.05, 0) is 20.8 Å². The molecule has 1 aromatic heterocycles. The Morgan fingerprint density at radius 2 is 2.24 bits per heavy atom. The van der Waals surface area contributed by atoms with Gasteiger partial charge >= 0.3 is 5.97 Å². The van der Waals surface area contributed by atoms with E-state index in [1.807, 2.05) is 13.8 Å². The Balaban J connectivity index is 2.64. The van der Waals surface area contributed by atoms with Crippen LogP contribution in [0.1, 0.15) is 22.5 Å².